The molecule has 0 atom stereocenters. The molecule has 0 heterocycles. The zero-order valence-electron chi connectivity index (χ0n) is 2.17. The maximum absolute atomic E-state index is 2.53. The number of halogens is 4. The van der Waals surface area contributed by atoms with Gasteiger partial charge in [0.05, 0.1) is 0 Å². The second kappa shape index (κ2) is 5.83. The summed E-state index contributed by atoms with van der Waals surface area (Å²) < 4.78 is -1.18. The number of rotatable bonds is 0. The van der Waals surface area contributed by atoms with Crippen molar-refractivity contribution in [2.45, 2.75) is 0 Å². The third kappa shape index (κ3) is 24.3. The first-order valence-electron chi connectivity index (χ1n) is 0.535. The van der Waals surface area contributed by atoms with Gasteiger partial charge >= 0.3 is 79.5 Å². The fourth-order valence-corrected chi connectivity index (χ4v) is 0. The molecule has 47 valence electrons. The average Bonchev–Trinajstić information content (AvgIpc) is 0.722. The summed E-state index contributed by atoms with van der Waals surface area (Å²) in [6.07, 6.45) is 0. The van der Waals surface area contributed by atoms with Crippen molar-refractivity contribution in [3.05, 3.63) is 0 Å². The van der Waals surface area contributed by atoms with Crippen LogP contribution in [-0.4, -0.2) is 0 Å². The van der Waals surface area contributed by atoms with E-state index in [2.05, 4.69) is 78.7 Å². The molecule has 0 nitrogen and oxygen atoms in total. The SMILES string of the molecule is [Cu].[I][Os]([I])([I])[I]. The van der Waals surface area contributed by atoms with Gasteiger partial charge in [0.15, 0.2) is 0 Å². The predicted molar refractivity (Wildman–Crippen MR) is 56.1 cm³/mol. The van der Waals surface area contributed by atoms with Gasteiger partial charge in [-0.2, -0.15) is 0 Å². The van der Waals surface area contributed by atoms with Crippen molar-refractivity contribution in [2.24, 2.45) is 0 Å². The Labute approximate surface area is 93.5 Å². The minimum absolute atomic E-state index is 0. The van der Waals surface area contributed by atoms with Gasteiger partial charge in [-0.15, -0.1) is 0 Å². The van der Waals surface area contributed by atoms with E-state index >= 15 is 0 Å². The van der Waals surface area contributed by atoms with Gasteiger partial charge in [0, 0.05) is 17.1 Å². The van der Waals surface area contributed by atoms with Gasteiger partial charge in [0.25, 0.3) is 0 Å². The van der Waals surface area contributed by atoms with E-state index < -0.39 is 0.838 Å². The Hall–Kier alpha value is 4.08. The molecule has 0 amide bonds. The van der Waals surface area contributed by atoms with E-state index in [9.17, 15) is 0 Å². The van der Waals surface area contributed by atoms with Gasteiger partial charge in [-0.1, -0.05) is 0 Å². The van der Waals surface area contributed by atoms with Crippen LogP contribution in [-0.2, 0) is 17.9 Å². The standard InChI is InChI=1S/Cu.4HI.Os/h;4*1H;/q;;;;;+4/p-4. The van der Waals surface area contributed by atoms with Crippen molar-refractivity contribution in [1.82, 2.24) is 0 Å². The van der Waals surface area contributed by atoms with Crippen LogP contribution < -0.4 is 0 Å². The van der Waals surface area contributed by atoms with Crippen LogP contribution in [0.1, 0.15) is 0 Å². The number of hydrogen-bond acceptors (Lipinski definition) is 0. The molecule has 0 fully saturated rings. The van der Waals surface area contributed by atoms with E-state index in [-0.39, 0.29) is 17.1 Å². The quantitative estimate of drug-likeness (QED) is 0.262. The van der Waals surface area contributed by atoms with Crippen molar-refractivity contribution in [3.63, 3.8) is 0 Å². The molecular weight excluding hydrogens is 761 g/mol. The third-order valence-electron chi connectivity index (χ3n) is 0. The first-order valence-corrected chi connectivity index (χ1v) is 29.4. The first kappa shape index (κ1) is 12.7. The maximum atomic E-state index is 2.53. The zero-order valence-corrected chi connectivity index (χ0v) is 14.3. The van der Waals surface area contributed by atoms with Crippen LogP contribution >= 0.6 is 78.7 Å². The molecule has 0 aliphatic rings. The van der Waals surface area contributed by atoms with E-state index in [1.54, 1.807) is 0 Å². The summed E-state index contributed by atoms with van der Waals surface area (Å²) in [6.45, 7) is 0. The summed E-state index contributed by atoms with van der Waals surface area (Å²) in [4.78, 5) is 0. The minimum atomic E-state index is -1.18. The molecule has 6 heavy (non-hydrogen) atoms. The third-order valence-corrected chi connectivity index (χ3v) is 0. The van der Waals surface area contributed by atoms with Gasteiger partial charge < -0.3 is 0 Å². The van der Waals surface area contributed by atoms with Gasteiger partial charge in [0.1, 0.15) is 0 Å². The molecule has 0 aromatic heterocycles. The molecule has 0 unspecified atom stereocenters. The Morgan fingerprint density at radius 1 is 0.833 bits per heavy atom. The molecule has 0 saturated heterocycles. The van der Waals surface area contributed by atoms with Crippen LogP contribution in [0.4, 0.5) is 0 Å². The molecule has 0 rings (SSSR count). The van der Waals surface area contributed by atoms with Crippen LogP contribution in [0.15, 0.2) is 0 Å². The summed E-state index contributed by atoms with van der Waals surface area (Å²) in [5, 5.41) is 0. The van der Waals surface area contributed by atoms with Gasteiger partial charge in [-0.05, 0) is 0 Å². The Balaban J connectivity index is 0. The van der Waals surface area contributed by atoms with Crippen molar-refractivity contribution in [1.29, 1.82) is 0 Å². The molecular formula is CuI4Os. The van der Waals surface area contributed by atoms with Crippen LogP contribution in [0.5, 0.6) is 0 Å². The average molecular weight is 761 g/mol. The van der Waals surface area contributed by atoms with E-state index in [4.69, 9.17) is 0 Å². The van der Waals surface area contributed by atoms with Crippen LogP contribution in [0.3, 0.4) is 0 Å². The number of hydrogen-bond donors (Lipinski definition) is 0. The molecule has 0 aliphatic carbocycles. The molecule has 0 aromatic rings. The monoisotopic (exact) mass is 763 g/mol. The fourth-order valence-electron chi connectivity index (χ4n) is 0. The molecule has 0 spiro atoms. The first-order chi connectivity index (χ1) is 2.00. The van der Waals surface area contributed by atoms with Crippen LogP contribution in [0.2, 0.25) is 0 Å². The summed E-state index contributed by atoms with van der Waals surface area (Å²) in [5.41, 5.74) is 0. The van der Waals surface area contributed by atoms with Gasteiger partial charge in [0.2, 0.25) is 0 Å². The molecule has 0 aliphatic heterocycles. The molecule has 0 saturated carbocycles. The second-order valence-corrected chi connectivity index (χ2v) is 112. The van der Waals surface area contributed by atoms with E-state index in [0.717, 1.165) is 0 Å². The summed E-state index contributed by atoms with van der Waals surface area (Å²) in [5.74, 6) is 0. The zero-order chi connectivity index (χ0) is 4.50. The Morgan fingerprint density at radius 2 is 0.833 bits per heavy atom. The van der Waals surface area contributed by atoms with Gasteiger partial charge in [-0.3, -0.25) is 0 Å². The second-order valence-electron chi connectivity index (χ2n) is 0.303. The molecule has 0 N–H and O–H groups in total. The predicted octanol–water partition coefficient (Wildman–Crippen LogP) is 3.54. The Morgan fingerprint density at radius 3 is 0.833 bits per heavy atom. The fraction of sp³-hybridized carbons (Fsp3) is 0. The van der Waals surface area contributed by atoms with Crippen molar-refractivity contribution >= 4 is 78.7 Å². The molecule has 0 aromatic carbocycles. The normalized spacial score (nSPS) is 12.7. The van der Waals surface area contributed by atoms with Crippen LogP contribution in [0, 0.1) is 0 Å². The molecule has 1 radical (unpaired) electrons. The van der Waals surface area contributed by atoms with E-state index in [0.29, 0.717) is 0 Å². The van der Waals surface area contributed by atoms with Crippen LogP contribution in [0.25, 0.3) is 0 Å². The Kier molecular flexibility index (Phi) is 12.4. The molecule has 6 heteroatoms. The topological polar surface area (TPSA) is 0 Å². The van der Waals surface area contributed by atoms with E-state index in [1.807, 2.05) is 0 Å². The van der Waals surface area contributed by atoms with Gasteiger partial charge in [-0.25, -0.2) is 0 Å². The Bertz CT molecular complexity index is 23.0. The van der Waals surface area contributed by atoms with Crippen molar-refractivity contribution < 1.29 is 17.9 Å². The van der Waals surface area contributed by atoms with E-state index in [1.165, 1.54) is 0 Å². The molecule has 0 bridgehead atoms. The van der Waals surface area contributed by atoms with Crippen molar-refractivity contribution in [2.75, 3.05) is 0 Å². The summed E-state index contributed by atoms with van der Waals surface area (Å²) in [7, 11) is 0. The summed E-state index contributed by atoms with van der Waals surface area (Å²) >= 11 is 10.1. The summed E-state index contributed by atoms with van der Waals surface area (Å²) in [6, 6.07) is 0. The van der Waals surface area contributed by atoms with Crippen molar-refractivity contribution in [3.8, 4) is 0 Å².